The van der Waals surface area contributed by atoms with Crippen LogP contribution in [0.3, 0.4) is 0 Å². The Labute approximate surface area is 178 Å². The van der Waals surface area contributed by atoms with Crippen LogP contribution in [0.15, 0.2) is 40.2 Å². The van der Waals surface area contributed by atoms with Gasteiger partial charge in [0.15, 0.2) is 17.2 Å². The van der Waals surface area contributed by atoms with Gasteiger partial charge in [-0.25, -0.2) is 4.98 Å². The third-order valence-electron chi connectivity index (χ3n) is 4.88. The van der Waals surface area contributed by atoms with E-state index in [0.717, 1.165) is 17.7 Å². The maximum absolute atomic E-state index is 13.4. The van der Waals surface area contributed by atoms with Crippen molar-refractivity contribution in [2.24, 2.45) is 0 Å². The maximum atomic E-state index is 13.4. The average Bonchev–Trinajstić information content (AvgIpc) is 2.76. The Hall–Kier alpha value is -2.87. The molecule has 0 aliphatic carbocycles. The average molecular weight is 432 g/mol. The van der Waals surface area contributed by atoms with E-state index in [4.69, 9.17) is 14.2 Å². The number of rotatable bonds is 8. The molecule has 7 nitrogen and oxygen atoms in total. The third-order valence-corrected chi connectivity index (χ3v) is 6.96. The monoisotopic (exact) mass is 431 g/mol. The Bertz CT molecular complexity index is 1090. The van der Waals surface area contributed by atoms with Gasteiger partial charge >= 0.3 is 5.56 Å². The van der Waals surface area contributed by atoms with Crippen molar-refractivity contribution in [2.45, 2.75) is 24.8 Å². The summed E-state index contributed by atoms with van der Waals surface area (Å²) < 4.78 is 17.9. The van der Waals surface area contributed by atoms with Crippen molar-refractivity contribution in [1.82, 2.24) is 9.55 Å². The Balaban J connectivity index is 2.23. The summed E-state index contributed by atoms with van der Waals surface area (Å²) in [5.41, 5.74) is 0.999. The first kappa shape index (κ1) is 21.8. The molecule has 0 spiro atoms. The molecule has 3 rings (SSSR count). The number of hydrogen-bond donors (Lipinski definition) is 1. The quantitative estimate of drug-likeness (QED) is 0.552. The SMILES string of the molecule is CCC[S+](C)c1c(O)c2cccnc2n(Cc2cc(OC)c(OC)c(OC)c2)c1=O. The molecule has 0 bridgehead atoms. The predicted octanol–water partition coefficient (Wildman–Crippen LogP) is 3.19. The summed E-state index contributed by atoms with van der Waals surface area (Å²) in [5, 5.41) is 11.4. The largest absolute Gasteiger partial charge is 0.503 e. The number of aromatic nitrogens is 2. The molecule has 8 heteroatoms. The van der Waals surface area contributed by atoms with Crippen molar-refractivity contribution < 1.29 is 19.3 Å². The number of pyridine rings is 2. The Morgan fingerprint density at radius 1 is 1.13 bits per heavy atom. The van der Waals surface area contributed by atoms with Crippen molar-refractivity contribution in [3.05, 3.63) is 46.4 Å². The molecule has 0 aliphatic heterocycles. The van der Waals surface area contributed by atoms with Crippen molar-refractivity contribution in [1.29, 1.82) is 0 Å². The molecule has 0 aliphatic rings. The van der Waals surface area contributed by atoms with Crippen LogP contribution in [0.2, 0.25) is 0 Å². The molecule has 1 unspecified atom stereocenters. The Kier molecular flexibility index (Phi) is 6.77. The van der Waals surface area contributed by atoms with Crippen molar-refractivity contribution in [3.63, 3.8) is 0 Å². The molecule has 0 radical (unpaired) electrons. The molecule has 1 N–H and O–H groups in total. The first-order chi connectivity index (χ1) is 14.5. The van der Waals surface area contributed by atoms with Gasteiger partial charge < -0.3 is 19.3 Å². The lowest BCUT2D eigenvalue weighted by molar-refractivity contribution is 0.323. The van der Waals surface area contributed by atoms with Gasteiger partial charge in [0, 0.05) is 17.1 Å². The lowest BCUT2D eigenvalue weighted by Crippen LogP contribution is -2.28. The number of ether oxygens (including phenoxy) is 3. The lowest BCUT2D eigenvalue weighted by Gasteiger charge is -2.16. The molecular formula is C22H27N2O5S+. The van der Waals surface area contributed by atoms with Crippen LogP contribution in [0.1, 0.15) is 18.9 Å². The smallest absolute Gasteiger partial charge is 0.311 e. The zero-order chi connectivity index (χ0) is 21.8. The summed E-state index contributed by atoms with van der Waals surface area (Å²) in [4.78, 5) is 18.3. The number of aromatic hydroxyl groups is 1. The molecule has 3 aromatic rings. The molecule has 0 saturated heterocycles. The second kappa shape index (κ2) is 9.30. The zero-order valence-corrected chi connectivity index (χ0v) is 18.7. The first-order valence-corrected chi connectivity index (χ1v) is 11.4. The highest BCUT2D eigenvalue weighted by molar-refractivity contribution is 7.96. The minimum atomic E-state index is -0.378. The molecule has 30 heavy (non-hydrogen) atoms. The van der Waals surface area contributed by atoms with Crippen LogP contribution in [0.5, 0.6) is 23.0 Å². The summed E-state index contributed by atoms with van der Waals surface area (Å²) in [6.45, 7) is 2.32. The summed E-state index contributed by atoms with van der Waals surface area (Å²) in [6.07, 6.45) is 4.53. The fourth-order valence-corrected chi connectivity index (χ4v) is 5.18. The van der Waals surface area contributed by atoms with Crippen LogP contribution in [0, 0.1) is 0 Å². The van der Waals surface area contributed by atoms with E-state index in [0.29, 0.717) is 33.2 Å². The molecule has 1 atom stereocenters. The molecular weight excluding hydrogens is 404 g/mol. The van der Waals surface area contributed by atoms with E-state index in [1.54, 1.807) is 44.2 Å². The Morgan fingerprint density at radius 3 is 2.37 bits per heavy atom. The van der Waals surface area contributed by atoms with E-state index in [1.165, 1.54) is 0 Å². The van der Waals surface area contributed by atoms with Gasteiger partial charge in [0.25, 0.3) is 4.90 Å². The van der Waals surface area contributed by atoms with E-state index in [2.05, 4.69) is 11.9 Å². The summed E-state index contributed by atoms with van der Waals surface area (Å²) >= 11 is 0. The van der Waals surface area contributed by atoms with Gasteiger partial charge in [0.2, 0.25) is 5.75 Å². The highest BCUT2D eigenvalue weighted by Crippen LogP contribution is 2.38. The number of fused-ring (bicyclic) bond motifs is 1. The standard InChI is InChI=1S/C22H26N2O5S/c1-6-10-30(5)20-18(25)15-8-7-9-23-21(15)24(22(20)26)13-14-11-16(27-2)19(29-4)17(12-14)28-3/h7-9,11-12H,6,10,13H2,1-5H3/p+1. The van der Waals surface area contributed by atoms with Crippen molar-refractivity contribution in [3.8, 4) is 23.0 Å². The van der Waals surface area contributed by atoms with Gasteiger partial charge in [-0.15, -0.1) is 0 Å². The van der Waals surface area contributed by atoms with Crippen LogP contribution in [-0.2, 0) is 17.4 Å². The fraction of sp³-hybridized carbons (Fsp3) is 0.364. The van der Waals surface area contributed by atoms with Crippen LogP contribution >= 0.6 is 0 Å². The Morgan fingerprint density at radius 2 is 1.80 bits per heavy atom. The van der Waals surface area contributed by atoms with Gasteiger partial charge in [0.1, 0.15) is 17.7 Å². The fourth-order valence-electron chi connectivity index (χ4n) is 3.52. The van der Waals surface area contributed by atoms with Crippen LogP contribution < -0.4 is 19.8 Å². The highest BCUT2D eigenvalue weighted by Gasteiger charge is 2.29. The molecule has 0 fully saturated rings. The lowest BCUT2D eigenvalue weighted by atomic mass is 10.1. The number of hydrogen-bond acceptors (Lipinski definition) is 6. The molecule has 0 saturated carbocycles. The third kappa shape index (κ3) is 3.92. The van der Waals surface area contributed by atoms with E-state index < -0.39 is 0 Å². The molecule has 2 heterocycles. The molecule has 1 aromatic carbocycles. The number of methoxy groups -OCH3 is 3. The van der Waals surface area contributed by atoms with E-state index in [9.17, 15) is 9.90 Å². The molecule has 0 amide bonds. The van der Waals surface area contributed by atoms with Crippen LogP contribution in [0.25, 0.3) is 11.0 Å². The van der Waals surface area contributed by atoms with Crippen molar-refractivity contribution in [2.75, 3.05) is 33.3 Å². The first-order valence-electron chi connectivity index (χ1n) is 9.58. The number of benzene rings is 1. The minimum Gasteiger partial charge on any atom is -0.503 e. The minimum absolute atomic E-state index is 0.0310. The predicted molar refractivity (Wildman–Crippen MR) is 120 cm³/mol. The van der Waals surface area contributed by atoms with Gasteiger partial charge in [-0.1, -0.05) is 6.92 Å². The van der Waals surface area contributed by atoms with E-state index >= 15 is 0 Å². The van der Waals surface area contributed by atoms with Gasteiger partial charge in [-0.2, -0.15) is 0 Å². The summed E-state index contributed by atoms with van der Waals surface area (Å²) in [6, 6.07) is 7.17. The molecule has 160 valence electrons. The normalized spacial score (nSPS) is 12.0. The van der Waals surface area contributed by atoms with Crippen LogP contribution in [-0.4, -0.2) is 48.0 Å². The summed E-state index contributed by atoms with van der Waals surface area (Å²) in [5.74, 6) is 2.38. The van der Waals surface area contributed by atoms with Gasteiger partial charge in [-0.3, -0.25) is 9.36 Å². The van der Waals surface area contributed by atoms with Gasteiger partial charge in [-0.05, 0) is 36.2 Å². The zero-order valence-electron chi connectivity index (χ0n) is 17.9. The molecule has 2 aromatic heterocycles. The second-order valence-corrected chi connectivity index (χ2v) is 8.91. The van der Waals surface area contributed by atoms with Crippen LogP contribution in [0.4, 0.5) is 0 Å². The van der Waals surface area contributed by atoms with E-state index in [1.807, 2.05) is 18.4 Å². The summed E-state index contributed by atoms with van der Waals surface area (Å²) in [7, 11) is 4.27. The maximum Gasteiger partial charge on any atom is 0.311 e. The van der Waals surface area contributed by atoms with Crippen molar-refractivity contribution >= 4 is 21.9 Å². The topological polar surface area (TPSA) is 82.8 Å². The second-order valence-electron chi connectivity index (χ2n) is 6.82. The number of nitrogens with zero attached hydrogens (tertiary/aromatic N) is 2. The highest BCUT2D eigenvalue weighted by atomic mass is 32.2. The van der Waals surface area contributed by atoms with E-state index in [-0.39, 0.29) is 28.7 Å². The van der Waals surface area contributed by atoms with Gasteiger partial charge in [0.05, 0.1) is 33.3 Å².